The lowest BCUT2D eigenvalue weighted by molar-refractivity contribution is -0.136. The van der Waals surface area contributed by atoms with Crippen LogP contribution in [0.2, 0.25) is 0 Å². The maximum absolute atomic E-state index is 12.1. The zero-order chi connectivity index (χ0) is 20.6. The lowest BCUT2D eigenvalue weighted by Crippen LogP contribution is -2.39. The van der Waals surface area contributed by atoms with Gasteiger partial charge in [0.1, 0.15) is 12.7 Å². The van der Waals surface area contributed by atoms with Crippen LogP contribution in [0.3, 0.4) is 0 Å². The van der Waals surface area contributed by atoms with E-state index in [4.69, 9.17) is 0 Å². The normalized spacial score (nSPS) is 19.7. The molecule has 156 valence electrons. The van der Waals surface area contributed by atoms with Crippen LogP contribution in [-0.2, 0) is 9.59 Å². The molecule has 1 aromatic carbocycles. The molecule has 0 radical (unpaired) electrons. The molecule has 8 nitrogen and oxygen atoms in total. The monoisotopic (exact) mass is 398 g/mol. The van der Waals surface area contributed by atoms with E-state index in [0.717, 1.165) is 50.0 Å². The van der Waals surface area contributed by atoms with Gasteiger partial charge in [-0.25, -0.2) is 9.67 Å². The molecule has 1 aromatic heterocycles. The van der Waals surface area contributed by atoms with Crippen LogP contribution in [0.5, 0.6) is 0 Å². The van der Waals surface area contributed by atoms with Crippen LogP contribution in [0.1, 0.15) is 33.1 Å². The molecule has 2 heterocycles. The summed E-state index contributed by atoms with van der Waals surface area (Å²) in [6.45, 7) is 8.50. The second-order valence-electron chi connectivity index (χ2n) is 8.01. The molecule has 0 spiro atoms. The third-order valence-electron chi connectivity index (χ3n) is 5.15. The molecule has 3 rings (SSSR count). The van der Waals surface area contributed by atoms with Crippen LogP contribution in [0.4, 0.5) is 5.69 Å². The van der Waals surface area contributed by atoms with Gasteiger partial charge in [-0.05, 0) is 61.9 Å². The topological polar surface area (TPSA) is 92.2 Å². The number of hydrogen-bond acceptors (Lipinski definition) is 5. The average Bonchev–Trinajstić information content (AvgIpc) is 3.22. The highest BCUT2D eigenvalue weighted by atomic mass is 16.2. The number of amides is 2. The van der Waals surface area contributed by atoms with Gasteiger partial charge in [0.2, 0.25) is 0 Å². The van der Waals surface area contributed by atoms with Crippen molar-refractivity contribution in [3.63, 3.8) is 0 Å². The number of likely N-dealkylation sites (tertiary alicyclic amines) is 1. The Morgan fingerprint density at radius 1 is 1.07 bits per heavy atom. The first-order valence-electron chi connectivity index (χ1n) is 10.3. The minimum absolute atomic E-state index is 0.510. The highest BCUT2D eigenvalue weighted by Crippen LogP contribution is 2.21. The summed E-state index contributed by atoms with van der Waals surface area (Å²) in [7, 11) is 0. The van der Waals surface area contributed by atoms with Gasteiger partial charge in [-0.2, -0.15) is 5.10 Å². The Hall–Kier alpha value is -2.74. The summed E-state index contributed by atoms with van der Waals surface area (Å²) < 4.78 is 1.61. The van der Waals surface area contributed by atoms with Crippen LogP contribution in [0.25, 0.3) is 5.69 Å². The Balaban J connectivity index is 1.33. The van der Waals surface area contributed by atoms with Crippen molar-refractivity contribution in [2.75, 3.05) is 31.5 Å². The molecule has 2 unspecified atom stereocenters. The fourth-order valence-electron chi connectivity index (χ4n) is 3.94. The maximum Gasteiger partial charge on any atom is 0.313 e. The van der Waals surface area contributed by atoms with E-state index in [2.05, 4.69) is 39.5 Å². The van der Waals surface area contributed by atoms with Crippen molar-refractivity contribution in [1.82, 2.24) is 25.0 Å². The van der Waals surface area contributed by atoms with Crippen molar-refractivity contribution in [2.24, 2.45) is 11.8 Å². The number of hydrogen-bond donors (Lipinski definition) is 2. The third kappa shape index (κ3) is 6.39. The molecule has 1 aliphatic heterocycles. The average molecular weight is 399 g/mol. The molecule has 2 aromatic rings. The van der Waals surface area contributed by atoms with E-state index in [0.29, 0.717) is 12.2 Å². The maximum atomic E-state index is 12.1. The molecule has 2 amide bonds. The first-order chi connectivity index (χ1) is 14.0. The second kappa shape index (κ2) is 10.2. The number of benzene rings is 1. The first-order valence-corrected chi connectivity index (χ1v) is 10.3. The van der Waals surface area contributed by atoms with E-state index in [1.165, 1.54) is 12.7 Å². The number of nitrogens with one attached hydrogen (secondary N) is 2. The van der Waals surface area contributed by atoms with Gasteiger partial charge in [-0.15, -0.1) is 0 Å². The van der Waals surface area contributed by atoms with E-state index in [-0.39, 0.29) is 0 Å². The van der Waals surface area contributed by atoms with Crippen LogP contribution in [-0.4, -0.2) is 57.7 Å². The van der Waals surface area contributed by atoms with E-state index in [1.807, 2.05) is 0 Å². The molecule has 2 atom stereocenters. The van der Waals surface area contributed by atoms with Crippen LogP contribution >= 0.6 is 0 Å². The number of nitrogens with zero attached hydrogens (tertiary/aromatic N) is 4. The van der Waals surface area contributed by atoms with Crippen LogP contribution < -0.4 is 10.6 Å². The summed E-state index contributed by atoms with van der Waals surface area (Å²) in [6.07, 6.45) is 6.24. The van der Waals surface area contributed by atoms with Crippen molar-refractivity contribution < 1.29 is 9.59 Å². The number of unbranched alkanes of at least 4 members (excludes halogenated alkanes) is 1. The fourth-order valence-corrected chi connectivity index (χ4v) is 3.94. The first kappa shape index (κ1) is 21.0. The van der Waals surface area contributed by atoms with Gasteiger partial charge in [-0.3, -0.25) is 9.59 Å². The summed E-state index contributed by atoms with van der Waals surface area (Å²) in [5.74, 6) is 0.252. The summed E-state index contributed by atoms with van der Waals surface area (Å²) in [4.78, 5) is 30.5. The standard InChI is InChI=1S/C21H30N6O2/c1-16-11-17(2)13-26(12-16)10-4-3-9-23-20(28)21(29)25-18-5-7-19(8-6-18)27-15-22-14-24-27/h5-8,14-17H,3-4,9-13H2,1-2H3,(H,23,28)(H,25,29). The predicted molar refractivity (Wildman–Crippen MR) is 112 cm³/mol. The minimum Gasteiger partial charge on any atom is -0.348 e. The zero-order valence-electron chi connectivity index (χ0n) is 17.2. The fraction of sp³-hybridized carbons (Fsp3) is 0.524. The summed E-state index contributed by atoms with van der Waals surface area (Å²) in [5.41, 5.74) is 1.38. The van der Waals surface area contributed by atoms with Crippen LogP contribution in [0, 0.1) is 11.8 Å². The Morgan fingerprint density at radius 2 is 1.79 bits per heavy atom. The third-order valence-corrected chi connectivity index (χ3v) is 5.15. The minimum atomic E-state index is -0.655. The van der Waals surface area contributed by atoms with E-state index < -0.39 is 11.8 Å². The second-order valence-corrected chi connectivity index (χ2v) is 8.01. The molecule has 0 bridgehead atoms. The number of carbonyl (C=O) groups is 2. The number of anilines is 1. The SMILES string of the molecule is CC1CC(C)CN(CCCCNC(=O)C(=O)Nc2ccc(-n3cncn3)cc2)C1. The lowest BCUT2D eigenvalue weighted by Gasteiger charge is -2.34. The predicted octanol–water partition coefficient (Wildman–Crippen LogP) is 2.08. The van der Waals surface area contributed by atoms with Gasteiger partial charge in [0, 0.05) is 25.3 Å². The Labute approximate surface area is 171 Å². The Morgan fingerprint density at radius 3 is 2.45 bits per heavy atom. The molecule has 0 saturated carbocycles. The molecule has 1 saturated heterocycles. The highest BCUT2D eigenvalue weighted by molar-refractivity contribution is 6.39. The molecule has 0 aliphatic carbocycles. The zero-order valence-corrected chi connectivity index (χ0v) is 17.2. The number of rotatable bonds is 7. The molecule has 29 heavy (non-hydrogen) atoms. The number of aromatic nitrogens is 3. The van der Waals surface area contributed by atoms with E-state index in [9.17, 15) is 9.59 Å². The van der Waals surface area contributed by atoms with Gasteiger partial charge in [0.15, 0.2) is 0 Å². The number of carbonyl (C=O) groups excluding carboxylic acids is 2. The molecular formula is C21H30N6O2. The van der Waals surface area contributed by atoms with Crippen LogP contribution in [0.15, 0.2) is 36.9 Å². The Kier molecular flexibility index (Phi) is 7.35. The Bertz CT molecular complexity index is 780. The van der Waals surface area contributed by atoms with Crippen molar-refractivity contribution in [3.8, 4) is 5.69 Å². The van der Waals surface area contributed by atoms with Crippen molar-refractivity contribution >= 4 is 17.5 Å². The van der Waals surface area contributed by atoms with Gasteiger partial charge < -0.3 is 15.5 Å². The number of piperidine rings is 1. The van der Waals surface area contributed by atoms with Crippen molar-refractivity contribution in [2.45, 2.75) is 33.1 Å². The molecular weight excluding hydrogens is 368 g/mol. The smallest absolute Gasteiger partial charge is 0.313 e. The largest absolute Gasteiger partial charge is 0.348 e. The molecule has 1 fully saturated rings. The molecule has 8 heteroatoms. The molecule has 2 N–H and O–H groups in total. The summed E-state index contributed by atoms with van der Waals surface area (Å²) in [5, 5.41) is 9.35. The lowest BCUT2D eigenvalue weighted by atomic mass is 9.92. The quantitative estimate of drug-likeness (QED) is 0.550. The molecule has 1 aliphatic rings. The van der Waals surface area contributed by atoms with Gasteiger partial charge in [-0.1, -0.05) is 13.8 Å². The summed E-state index contributed by atoms with van der Waals surface area (Å²) in [6, 6.07) is 7.04. The van der Waals surface area contributed by atoms with Crippen molar-refractivity contribution in [3.05, 3.63) is 36.9 Å². The van der Waals surface area contributed by atoms with E-state index >= 15 is 0 Å². The highest BCUT2D eigenvalue weighted by Gasteiger charge is 2.21. The van der Waals surface area contributed by atoms with Gasteiger partial charge in [0.25, 0.3) is 0 Å². The van der Waals surface area contributed by atoms with Crippen molar-refractivity contribution in [1.29, 1.82) is 0 Å². The summed E-state index contributed by atoms with van der Waals surface area (Å²) >= 11 is 0. The van der Waals surface area contributed by atoms with Gasteiger partial charge >= 0.3 is 11.8 Å². The van der Waals surface area contributed by atoms with Gasteiger partial charge in [0.05, 0.1) is 5.69 Å². The van der Waals surface area contributed by atoms with E-state index in [1.54, 1.807) is 35.3 Å².